The van der Waals surface area contributed by atoms with Crippen LogP contribution < -0.4 is 19.7 Å². The number of barbiturate groups is 1. The van der Waals surface area contributed by atoms with E-state index in [1.165, 1.54) is 24.3 Å². The molecular formula is C27H17Cl3N2O5. The molecule has 0 aromatic heterocycles. The first-order valence-electron chi connectivity index (χ1n) is 10.7. The lowest BCUT2D eigenvalue weighted by molar-refractivity contribution is -0.122. The number of amides is 4. The number of carbonyl (C=O) groups excluding carboxylic acids is 3. The van der Waals surface area contributed by atoms with Crippen molar-refractivity contribution < 1.29 is 23.9 Å². The summed E-state index contributed by atoms with van der Waals surface area (Å²) in [6.45, 7) is 0.158. The van der Waals surface area contributed by atoms with Crippen LogP contribution in [0.5, 0.6) is 11.5 Å². The lowest BCUT2D eigenvalue weighted by atomic mass is 10.1. The van der Waals surface area contributed by atoms with E-state index in [1.54, 1.807) is 42.5 Å². The minimum atomic E-state index is -0.885. The zero-order chi connectivity index (χ0) is 26.5. The van der Waals surface area contributed by atoms with Gasteiger partial charge in [-0.25, -0.2) is 9.69 Å². The molecular weight excluding hydrogens is 539 g/mol. The molecule has 4 amide bonds. The summed E-state index contributed by atoms with van der Waals surface area (Å²) in [5.41, 5.74) is 1.03. The molecule has 3 aromatic rings. The van der Waals surface area contributed by atoms with Crippen LogP contribution in [0.3, 0.4) is 0 Å². The quantitative estimate of drug-likeness (QED) is 0.223. The Morgan fingerprint density at radius 2 is 1.62 bits per heavy atom. The first kappa shape index (κ1) is 26.1. The molecule has 1 heterocycles. The lowest BCUT2D eigenvalue weighted by Gasteiger charge is -2.26. The highest BCUT2D eigenvalue weighted by atomic mass is 35.5. The molecule has 1 fully saturated rings. The third-order valence-electron chi connectivity index (χ3n) is 5.19. The molecule has 1 aliphatic heterocycles. The van der Waals surface area contributed by atoms with Crippen molar-refractivity contribution in [3.8, 4) is 23.8 Å². The van der Waals surface area contributed by atoms with Crippen molar-refractivity contribution in [3.63, 3.8) is 0 Å². The predicted molar refractivity (Wildman–Crippen MR) is 142 cm³/mol. The number of terminal acetylenes is 1. The van der Waals surface area contributed by atoms with Gasteiger partial charge >= 0.3 is 6.03 Å². The van der Waals surface area contributed by atoms with Gasteiger partial charge in [0.15, 0.2) is 0 Å². The number of hydrogen-bond acceptors (Lipinski definition) is 5. The number of carbonyl (C=O) groups is 3. The van der Waals surface area contributed by atoms with E-state index in [0.717, 1.165) is 10.5 Å². The molecule has 4 rings (SSSR count). The molecule has 0 bridgehead atoms. The molecule has 1 saturated heterocycles. The van der Waals surface area contributed by atoms with Crippen molar-refractivity contribution in [2.24, 2.45) is 0 Å². The molecule has 0 unspecified atom stereocenters. The number of ether oxygens (including phenoxy) is 2. The van der Waals surface area contributed by atoms with Gasteiger partial charge in [0.05, 0.1) is 5.69 Å². The van der Waals surface area contributed by atoms with Gasteiger partial charge in [0.1, 0.15) is 30.3 Å². The summed E-state index contributed by atoms with van der Waals surface area (Å²) in [5.74, 6) is 1.46. The van der Waals surface area contributed by atoms with Crippen LogP contribution in [-0.2, 0) is 16.2 Å². The molecule has 1 N–H and O–H groups in total. The van der Waals surface area contributed by atoms with E-state index in [4.69, 9.17) is 50.7 Å². The fraction of sp³-hybridized carbons (Fsp3) is 0.0741. The average Bonchev–Trinajstić information content (AvgIpc) is 2.86. The van der Waals surface area contributed by atoms with Crippen LogP contribution in [0.4, 0.5) is 10.5 Å². The summed E-state index contributed by atoms with van der Waals surface area (Å²) >= 11 is 18.2. The first-order valence-corrected chi connectivity index (χ1v) is 11.8. The van der Waals surface area contributed by atoms with Gasteiger partial charge in [0.2, 0.25) is 0 Å². The maximum Gasteiger partial charge on any atom is 0.335 e. The number of anilines is 1. The van der Waals surface area contributed by atoms with E-state index in [1.807, 2.05) is 0 Å². The van der Waals surface area contributed by atoms with Gasteiger partial charge in [0, 0.05) is 26.2 Å². The zero-order valence-corrected chi connectivity index (χ0v) is 21.2. The van der Waals surface area contributed by atoms with Crippen molar-refractivity contribution >= 4 is 64.4 Å². The summed E-state index contributed by atoms with van der Waals surface area (Å²) < 4.78 is 11.2. The lowest BCUT2D eigenvalue weighted by Crippen LogP contribution is -2.54. The molecule has 10 heteroatoms. The summed E-state index contributed by atoms with van der Waals surface area (Å²) in [6, 6.07) is 15.1. The molecule has 37 heavy (non-hydrogen) atoms. The minimum absolute atomic E-state index is 0.0266. The van der Waals surface area contributed by atoms with Crippen LogP contribution in [0.1, 0.15) is 11.1 Å². The van der Waals surface area contributed by atoms with Gasteiger partial charge in [-0.05, 0) is 60.7 Å². The Bertz CT molecular complexity index is 1460. The normalized spacial score (nSPS) is 14.4. The summed E-state index contributed by atoms with van der Waals surface area (Å²) in [4.78, 5) is 39.2. The monoisotopic (exact) mass is 554 g/mol. The molecule has 3 aromatic carbocycles. The van der Waals surface area contributed by atoms with Crippen LogP contribution in [0.2, 0.25) is 15.1 Å². The van der Waals surface area contributed by atoms with Gasteiger partial charge in [-0.3, -0.25) is 14.9 Å². The molecule has 7 nitrogen and oxygen atoms in total. The molecule has 0 spiro atoms. The van der Waals surface area contributed by atoms with Gasteiger partial charge < -0.3 is 9.47 Å². The first-order chi connectivity index (χ1) is 17.8. The van der Waals surface area contributed by atoms with E-state index < -0.39 is 17.8 Å². The van der Waals surface area contributed by atoms with Crippen molar-refractivity contribution in [2.45, 2.75) is 6.61 Å². The largest absolute Gasteiger partial charge is 0.489 e. The Morgan fingerprint density at radius 1 is 0.919 bits per heavy atom. The van der Waals surface area contributed by atoms with Gasteiger partial charge in [0.25, 0.3) is 11.8 Å². The third-order valence-corrected chi connectivity index (χ3v) is 6.01. The van der Waals surface area contributed by atoms with Crippen LogP contribution in [0.25, 0.3) is 6.08 Å². The second kappa shape index (κ2) is 11.4. The SMILES string of the molecule is C#CCOc1ccc(Cl)cc1/C=C1\C(=O)NC(=O)N(c2ccc(OCc3ccc(Cl)cc3Cl)cc2)C1=O. The average molecular weight is 556 g/mol. The molecule has 0 atom stereocenters. The van der Waals surface area contributed by atoms with E-state index in [-0.39, 0.29) is 24.5 Å². The highest BCUT2D eigenvalue weighted by Crippen LogP contribution is 2.29. The van der Waals surface area contributed by atoms with Crippen molar-refractivity contribution in [3.05, 3.63) is 92.4 Å². The minimum Gasteiger partial charge on any atom is -0.489 e. The summed E-state index contributed by atoms with van der Waals surface area (Å²) in [5, 5.41) is 3.51. The molecule has 186 valence electrons. The third kappa shape index (κ3) is 6.07. The van der Waals surface area contributed by atoms with Crippen LogP contribution >= 0.6 is 34.8 Å². The van der Waals surface area contributed by atoms with Crippen molar-refractivity contribution in [2.75, 3.05) is 11.5 Å². The van der Waals surface area contributed by atoms with Crippen molar-refractivity contribution in [1.82, 2.24) is 5.32 Å². The van der Waals surface area contributed by atoms with Gasteiger partial charge in [-0.1, -0.05) is 46.8 Å². The Kier molecular flexibility index (Phi) is 8.04. The fourth-order valence-corrected chi connectivity index (χ4v) is 4.07. The topological polar surface area (TPSA) is 84.9 Å². The number of benzene rings is 3. The smallest absolute Gasteiger partial charge is 0.335 e. The number of nitrogens with one attached hydrogen (secondary N) is 1. The second-order valence-corrected chi connectivity index (χ2v) is 8.93. The number of nitrogens with zero attached hydrogens (tertiary/aromatic N) is 1. The number of hydrogen-bond donors (Lipinski definition) is 1. The number of urea groups is 1. The van der Waals surface area contributed by atoms with E-state index in [0.29, 0.717) is 32.1 Å². The van der Waals surface area contributed by atoms with E-state index in [2.05, 4.69) is 11.2 Å². The highest BCUT2D eigenvalue weighted by molar-refractivity contribution is 6.39. The van der Waals surface area contributed by atoms with Gasteiger partial charge in [-0.15, -0.1) is 6.42 Å². The van der Waals surface area contributed by atoms with E-state index >= 15 is 0 Å². The summed E-state index contributed by atoms with van der Waals surface area (Å²) in [7, 11) is 0. The number of rotatable bonds is 7. The predicted octanol–water partition coefficient (Wildman–Crippen LogP) is 5.90. The number of halogens is 3. The standard InChI is InChI=1S/C27H17Cl3N2O5/c1-2-11-36-24-10-5-18(28)12-17(24)13-22-25(33)31-27(35)32(26(22)34)20-6-8-21(9-7-20)37-15-16-3-4-19(29)14-23(16)30/h1,3-10,12-14H,11,15H2,(H,31,33,35)/b22-13+. The Labute approximate surface area is 227 Å². The second-order valence-electron chi connectivity index (χ2n) is 7.65. The maximum atomic E-state index is 13.2. The van der Waals surface area contributed by atoms with Crippen LogP contribution in [-0.4, -0.2) is 24.5 Å². The highest BCUT2D eigenvalue weighted by Gasteiger charge is 2.37. The maximum absolute atomic E-state index is 13.2. The molecule has 0 radical (unpaired) electrons. The molecule has 0 aliphatic carbocycles. The molecule has 0 saturated carbocycles. The van der Waals surface area contributed by atoms with E-state index in [9.17, 15) is 14.4 Å². The van der Waals surface area contributed by atoms with Crippen LogP contribution in [0, 0.1) is 12.3 Å². The zero-order valence-electron chi connectivity index (χ0n) is 19.0. The van der Waals surface area contributed by atoms with Gasteiger partial charge in [-0.2, -0.15) is 0 Å². The van der Waals surface area contributed by atoms with Crippen molar-refractivity contribution in [1.29, 1.82) is 0 Å². The fourth-order valence-electron chi connectivity index (χ4n) is 3.42. The Hall–Kier alpha value is -3.96. The summed E-state index contributed by atoms with van der Waals surface area (Å²) in [6.07, 6.45) is 6.55. The van der Waals surface area contributed by atoms with Crippen LogP contribution in [0.15, 0.2) is 66.2 Å². The Balaban J connectivity index is 1.56. The Morgan fingerprint density at radius 3 is 2.32 bits per heavy atom. The molecule has 1 aliphatic rings. The number of imide groups is 2.